The summed E-state index contributed by atoms with van der Waals surface area (Å²) in [5, 5.41) is 10.8. The highest BCUT2D eigenvalue weighted by Crippen LogP contribution is 2.14. The summed E-state index contributed by atoms with van der Waals surface area (Å²) < 4.78 is 7.28. The molecule has 2 rings (SSSR count). The van der Waals surface area contributed by atoms with Gasteiger partial charge in [0.2, 0.25) is 0 Å². The summed E-state index contributed by atoms with van der Waals surface area (Å²) in [4.78, 5) is 19.0. The van der Waals surface area contributed by atoms with Gasteiger partial charge >= 0.3 is 6.09 Å². The maximum Gasteiger partial charge on any atom is 0.407 e. The summed E-state index contributed by atoms with van der Waals surface area (Å²) in [6.45, 7) is 14.9. The highest BCUT2D eigenvalue weighted by atomic mass is 127. The van der Waals surface area contributed by atoms with Gasteiger partial charge in [-0.05, 0) is 59.9 Å². The number of alkyl carbamates (subject to hydrolysis) is 1. The molecule has 1 aromatic heterocycles. The van der Waals surface area contributed by atoms with Gasteiger partial charge in [-0.25, -0.2) is 4.79 Å². The van der Waals surface area contributed by atoms with Gasteiger partial charge in [-0.15, -0.1) is 24.0 Å². The summed E-state index contributed by atoms with van der Waals surface area (Å²) >= 11 is 0. The van der Waals surface area contributed by atoms with Crippen LogP contribution < -0.4 is 10.6 Å². The Morgan fingerprint density at radius 3 is 2.59 bits per heavy atom. The quantitative estimate of drug-likeness (QED) is 0.355. The number of ether oxygens (including phenoxy) is 1. The number of halogens is 1. The summed E-state index contributed by atoms with van der Waals surface area (Å²) in [6.07, 6.45) is 1.39. The van der Waals surface area contributed by atoms with E-state index in [1.54, 1.807) is 0 Å². The first-order valence-electron chi connectivity index (χ1n) is 10.1. The summed E-state index contributed by atoms with van der Waals surface area (Å²) in [5.41, 5.74) is 3.05. The number of aryl methyl sites for hydroxylation is 2. The Hall–Kier alpha value is -1.52. The number of carbonyl (C=O) groups excluding carboxylic acids is 1. The van der Waals surface area contributed by atoms with Crippen molar-refractivity contribution in [1.82, 2.24) is 25.3 Å². The zero-order valence-corrected chi connectivity index (χ0v) is 21.2. The van der Waals surface area contributed by atoms with Gasteiger partial charge in [-0.3, -0.25) is 9.67 Å². The number of rotatable bonds is 5. The first kappa shape index (κ1) is 25.5. The molecule has 0 radical (unpaired) electrons. The van der Waals surface area contributed by atoms with E-state index in [0.717, 1.165) is 44.1 Å². The smallest absolute Gasteiger partial charge is 0.407 e. The minimum absolute atomic E-state index is 0. The van der Waals surface area contributed by atoms with E-state index >= 15 is 0 Å². The van der Waals surface area contributed by atoms with Crippen LogP contribution in [0.1, 0.15) is 51.1 Å². The van der Waals surface area contributed by atoms with Gasteiger partial charge in [-0.2, -0.15) is 5.10 Å². The molecule has 0 saturated carbocycles. The normalized spacial score (nSPS) is 17.1. The van der Waals surface area contributed by atoms with Crippen molar-refractivity contribution in [3.8, 4) is 0 Å². The van der Waals surface area contributed by atoms with Crippen LogP contribution >= 0.6 is 24.0 Å². The number of aromatic nitrogens is 2. The van der Waals surface area contributed by atoms with Crippen LogP contribution in [0.4, 0.5) is 4.79 Å². The average Bonchev–Trinajstić information content (AvgIpc) is 3.11. The summed E-state index contributed by atoms with van der Waals surface area (Å²) in [6, 6.07) is 0.0709. The van der Waals surface area contributed by atoms with Crippen molar-refractivity contribution >= 4 is 36.0 Å². The van der Waals surface area contributed by atoms with Gasteiger partial charge in [0, 0.05) is 38.9 Å². The van der Waals surface area contributed by atoms with Crippen LogP contribution in [0, 0.1) is 13.8 Å². The molecule has 0 aromatic carbocycles. The van der Waals surface area contributed by atoms with E-state index in [-0.39, 0.29) is 36.1 Å². The molecule has 166 valence electrons. The van der Waals surface area contributed by atoms with Crippen molar-refractivity contribution < 1.29 is 9.53 Å². The molecule has 0 spiro atoms. The Balaban J connectivity index is 0.00000420. The molecular formula is C20H37IN6O2. The van der Waals surface area contributed by atoms with Crippen LogP contribution in [0.2, 0.25) is 0 Å². The molecule has 2 heterocycles. The van der Waals surface area contributed by atoms with E-state index in [1.165, 1.54) is 11.3 Å². The molecule has 0 bridgehead atoms. The lowest BCUT2D eigenvalue weighted by molar-refractivity contribution is 0.0507. The van der Waals surface area contributed by atoms with Crippen LogP contribution in [-0.4, -0.2) is 64.6 Å². The van der Waals surface area contributed by atoms with Crippen LogP contribution in [0.25, 0.3) is 0 Å². The number of hydrogen-bond donors (Lipinski definition) is 2. The molecule has 1 aromatic rings. The average molecular weight is 520 g/mol. The number of aliphatic imine (C=N–C) groups is 1. The first-order chi connectivity index (χ1) is 13.1. The number of guanidine groups is 1. The standard InChI is InChI=1S/C20H36N6O2.HI/c1-8-21-18(22-11-9-17-14(2)24-25(7)15(17)3)26-12-10-16(13-26)23-19(27)28-20(4,5)6;/h16H,8-13H2,1-7H3,(H,21,22)(H,23,27);1H. The molecule has 2 N–H and O–H groups in total. The Kier molecular flexibility index (Phi) is 9.70. The molecule has 1 saturated heterocycles. The third-order valence-electron chi connectivity index (χ3n) is 4.83. The van der Waals surface area contributed by atoms with Crippen LogP contribution in [0.15, 0.2) is 4.99 Å². The van der Waals surface area contributed by atoms with E-state index in [9.17, 15) is 4.79 Å². The van der Waals surface area contributed by atoms with E-state index in [2.05, 4.69) is 34.5 Å². The first-order valence-corrected chi connectivity index (χ1v) is 10.1. The molecule has 1 fully saturated rings. The van der Waals surface area contributed by atoms with E-state index in [0.29, 0.717) is 6.54 Å². The minimum atomic E-state index is -0.485. The third-order valence-corrected chi connectivity index (χ3v) is 4.83. The van der Waals surface area contributed by atoms with Crippen molar-refractivity contribution in [2.75, 3.05) is 26.2 Å². The number of carbonyl (C=O) groups is 1. The van der Waals surface area contributed by atoms with Crippen molar-refractivity contribution in [2.24, 2.45) is 12.0 Å². The van der Waals surface area contributed by atoms with Gasteiger partial charge in [-0.1, -0.05) is 0 Å². The maximum atomic E-state index is 12.0. The SMILES string of the molecule is CCNC(=NCCc1c(C)nn(C)c1C)N1CCC(NC(=O)OC(C)(C)C)C1.I. The number of nitrogens with one attached hydrogen (secondary N) is 2. The van der Waals surface area contributed by atoms with E-state index in [4.69, 9.17) is 9.73 Å². The van der Waals surface area contributed by atoms with Gasteiger partial charge < -0.3 is 20.3 Å². The second-order valence-corrected chi connectivity index (χ2v) is 8.34. The van der Waals surface area contributed by atoms with E-state index < -0.39 is 5.60 Å². The van der Waals surface area contributed by atoms with Crippen molar-refractivity contribution in [2.45, 2.75) is 66.0 Å². The molecule has 1 amide bonds. The number of nitrogens with zero attached hydrogens (tertiary/aromatic N) is 4. The Bertz CT molecular complexity index is 711. The molecule has 1 aliphatic heterocycles. The number of likely N-dealkylation sites (tertiary alicyclic amines) is 1. The fourth-order valence-electron chi connectivity index (χ4n) is 3.42. The summed E-state index contributed by atoms with van der Waals surface area (Å²) in [5.74, 6) is 0.898. The molecular weight excluding hydrogens is 483 g/mol. The zero-order chi connectivity index (χ0) is 20.9. The largest absolute Gasteiger partial charge is 0.444 e. The van der Waals surface area contributed by atoms with Crippen molar-refractivity contribution in [3.63, 3.8) is 0 Å². The predicted molar refractivity (Wildman–Crippen MR) is 127 cm³/mol. The molecule has 1 unspecified atom stereocenters. The van der Waals surface area contributed by atoms with E-state index in [1.807, 2.05) is 39.4 Å². The Morgan fingerprint density at radius 1 is 1.34 bits per heavy atom. The maximum absolute atomic E-state index is 12.0. The van der Waals surface area contributed by atoms with Gasteiger partial charge in [0.15, 0.2) is 5.96 Å². The fourth-order valence-corrected chi connectivity index (χ4v) is 3.42. The molecule has 29 heavy (non-hydrogen) atoms. The molecule has 1 atom stereocenters. The second-order valence-electron chi connectivity index (χ2n) is 8.34. The van der Waals surface area contributed by atoms with Crippen LogP contribution in [-0.2, 0) is 18.2 Å². The topological polar surface area (TPSA) is 83.8 Å². The van der Waals surface area contributed by atoms with Crippen molar-refractivity contribution in [1.29, 1.82) is 0 Å². The fraction of sp³-hybridized carbons (Fsp3) is 0.750. The zero-order valence-electron chi connectivity index (χ0n) is 18.8. The van der Waals surface area contributed by atoms with Gasteiger partial charge in [0.1, 0.15) is 5.60 Å². The molecule has 1 aliphatic rings. The van der Waals surface area contributed by atoms with Crippen molar-refractivity contribution in [3.05, 3.63) is 17.0 Å². The van der Waals surface area contributed by atoms with Crippen LogP contribution in [0.3, 0.4) is 0 Å². The third kappa shape index (κ3) is 7.67. The Labute approximate surface area is 191 Å². The monoisotopic (exact) mass is 520 g/mol. The molecule has 0 aliphatic carbocycles. The highest BCUT2D eigenvalue weighted by molar-refractivity contribution is 14.0. The molecule has 8 nitrogen and oxygen atoms in total. The summed E-state index contributed by atoms with van der Waals surface area (Å²) in [7, 11) is 1.97. The lowest BCUT2D eigenvalue weighted by Crippen LogP contribution is -2.44. The predicted octanol–water partition coefficient (Wildman–Crippen LogP) is 2.76. The highest BCUT2D eigenvalue weighted by Gasteiger charge is 2.27. The Morgan fingerprint density at radius 2 is 2.03 bits per heavy atom. The van der Waals surface area contributed by atoms with Crippen LogP contribution in [0.5, 0.6) is 0 Å². The second kappa shape index (κ2) is 11.0. The lowest BCUT2D eigenvalue weighted by Gasteiger charge is -2.23. The number of amides is 1. The lowest BCUT2D eigenvalue weighted by atomic mass is 10.1. The number of hydrogen-bond acceptors (Lipinski definition) is 4. The van der Waals surface area contributed by atoms with Gasteiger partial charge in [0.25, 0.3) is 0 Å². The van der Waals surface area contributed by atoms with Gasteiger partial charge in [0.05, 0.1) is 11.7 Å². The molecule has 9 heteroatoms. The minimum Gasteiger partial charge on any atom is -0.444 e.